The fraction of sp³-hybridized carbons (Fsp3) is 0.280. The molecule has 2 heterocycles. The van der Waals surface area contributed by atoms with Gasteiger partial charge in [-0.05, 0) is 69.2 Å². The minimum atomic E-state index is -0.220. The number of benzene rings is 2. The Morgan fingerprint density at radius 1 is 0.968 bits per heavy atom. The van der Waals surface area contributed by atoms with E-state index in [0.29, 0.717) is 35.9 Å². The Bertz CT molecular complexity index is 1060. The average molecular weight is 415 g/mol. The van der Waals surface area contributed by atoms with E-state index in [-0.39, 0.29) is 17.6 Å². The van der Waals surface area contributed by atoms with Crippen LogP contribution < -0.4 is 4.74 Å². The molecule has 0 saturated carbocycles. The van der Waals surface area contributed by atoms with Crippen LogP contribution in [-0.4, -0.2) is 39.6 Å². The summed E-state index contributed by atoms with van der Waals surface area (Å²) in [6, 6.07) is 18.4. The summed E-state index contributed by atoms with van der Waals surface area (Å²) in [5.74, 6) is 1.70. The molecule has 1 amide bonds. The Balaban J connectivity index is 1.43. The first-order valence-corrected chi connectivity index (χ1v) is 10.5. The lowest BCUT2D eigenvalue weighted by atomic mass is 9.90. The lowest BCUT2D eigenvalue weighted by Crippen LogP contribution is -2.42. The molecule has 1 aliphatic heterocycles. The lowest BCUT2D eigenvalue weighted by molar-refractivity contribution is 0.0631. The van der Waals surface area contributed by atoms with Gasteiger partial charge in [-0.25, -0.2) is 9.97 Å². The molecule has 6 nitrogen and oxygen atoms in total. The maximum absolute atomic E-state index is 13.1. The van der Waals surface area contributed by atoms with Crippen molar-refractivity contribution in [1.29, 1.82) is 0 Å². The van der Waals surface area contributed by atoms with E-state index in [0.717, 1.165) is 24.3 Å². The number of aromatic nitrogens is 2. The summed E-state index contributed by atoms with van der Waals surface area (Å²) in [6.45, 7) is 4.66. The lowest BCUT2D eigenvalue weighted by Gasteiger charge is -2.32. The van der Waals surface area contributed by atoms with E-state index in [2.05, 4.69) is 9.97 Å². The zero-order valence-electron chi connectivity index (χ0n) is 17.7. The normalized spacial score (nSPS) is 16.1. The predicted octanol–water partition coefficient (Wildman–Crippen LogP) is 4.62. The predicted molar refractivity (Wildman–Crippen MR) is 117 cm³/mol. The van der Waals surface area contributed by atoms with Crippen LogP contribution in [0.1, 0.15) is 45.2 Å². The highest BCUT2D eigenvalue weighted by atomic mass is 16.5. The number of likely N-dealkylation sites (tertiary alicyclic amines) is 1. The summed E-state index contributed by atoms with van der Waals surface area (Å²) in [6.07, 6.45) is 1.56. The topological polar surface area (TPSA) is 72.4 Å². The number of piperidine rings is 1. The van der Waals surface area contributed by atoms with Crippen molar-refractivity contribution >= 4 is 11.7 Å². The van der Waals surface area contributed by atoms with E-state index in [4.69, 9.17) is 4.74 Å². The molecule has 0 N–H and O–H groups in total. The summed E-state index contributed by atoms with van der Waals surface area (Å²) in [5.41, 5.74) is 1.78. The molecule has 1 saturated heterocycles. The van der Waals surface area contributed by atoms with Crippen LogP contribution in [0.4, 0.5) is 0 Å². The second-order valence-electron chi connectivity index (χ2n) is 7.84. The van der Waals surface area contributed by atoms with Gasteiger partial charge in [0.15, 0.2) is 5.78 Å². The van der Waals surface area contributed by atoms with E-state index in [1.807, 2.05) is 37.3 Å². The smallest absolute Gasteiger partial charge is 0.272 e. The monoisotopic (exact) mass is 415 g/mol. The van der Waals surface area contributed by atoms with E-state index >= 15 is 0 Å². The van der Waals surface area contributed by atoms with E-state index in [1.54, 1.807) is 42.2 Å². The molecule has 0 spiro atoms. The molecule has 1 atom stereocenters. The number of Topliss-reactive ketones (excluding diaryl/α,β-unsaturated/α-hetero) is 1. The van der Waals surface area contributed by atoms with Gasteiger partial charge in [0, 0.05) is 30.3 Å². The number of amides is 1. The van der Waals surface area contributed by atoms with E-state index < -0.39 is 0 Å². The van der Waals surface area contributed by atoms with Crippen molar-refractivity contribution in [2.75, 3.05) is 13.1 Å². The average Bonchev–Trinajstić information content (AvgIpc) is 2.79. The molecule has 158 valence electrons. The van der Waals surface area contributed by atoms with Gasteiger partial charge < -0.3 is 9.64 Å². The zero-order valence-corrected chi connectivity index (χ0v) is 17.7. The molecule has 0 radical (unpaired) electrons. The van der Waals surface area contributed by atoms with Crippen molar-refractivity contribution in [2.45, 2.75) is 26.7 Å². The number of carbonyl (C=O) groups excluding carboxylic acids is 2. The fourth-order valence-electron chi connectivity index (χ4n) is 3.91. The minimum Gasteiger partial charge on any atom is -0.457 e. The zero-order chi connectivity index (χ0) is 21.8. The van der Waals surface area contributed by atoms with Gasteiger partial charge in [-0.2, -0.15) is 0 Å². The van der Waals surface area contributed by atoms with Crippen LogP contribution in [0, 0.1) is 19.8 Å². The largest absolute Gasteiger partial charge is 0.457 e. The second kappa shape index (κ2) is 9.08. The van der Waals surface area contributed by atoms with Gasteiger partial charge in [0.2, 0.25) is 0 Å². The highest BCUT2D eigenvalue weighted by Gasteiger charge is 2.30. The molecule has 3 aromatic rings. The maximum Gasteiger partial charge on any atom is 0.272 e. The van der Waals surface area contributed by atoms with Crippen LogP contribution in [0.25, 0.3) is 0 Å². The third kappa shape index (κ3) is 4.97. The molecular formula is C25H25N3O3. The molecule has 1 fully saturated rings. The first kappa shape index (κ1) is 20.7. The minimum absolute atomic E-state index is 0.0545. The number of rotatable bonds is 5. The highest BCUT2D eigenvalue weighted by molar-refractivity contribution is 5.99. The summed E-state index contributed by atoms with van der Waals surface area (Å²) in [7, 11) is 0. The number of aryl methyl sites for hydroxylation is 2. The number of nitrogens with zero attached hydrogens (tertiary/aromatic N) is 3. The summed E-state index contributed by atoms with van der Waals surface area (Å²) < 4.78 is 5.80. The molecule has 1 aliphatic rings. The van der Waals surface area contributed by atoms with Gasteiger partial charge in [-0.15, -0.1) is 0 Å². The molecule has 0 bridgehead atoms. The summed E-state index contributed by atoms with van der Waals surface area (Å²) in [5, 5.41) is 0. The molecule has 31 heavy (non-hydrogen) atoms. The van der Waals surface area contributed by atoms with E-state index in [9.17, 15) is 9.59 Å². The standard InChI is InChI=1S/C25H25N3O3/c1-17-15-23(27-18(2)26-17)25(30)28-14-6-7-20(16-28)24(29)19-10-12-22(13-11-19)31-21-8-4-3-5-9-21/h3-5,8-13,15,20H,6-7,14,16H2,1-2H3/t20-/m0/s1. The molecule has 2 aromatic carbocycles. The van der Waals surface area contributed by atoms with Gasteiger partial charge in [-0.3, -0.25) is 9.59 Å². The highest BCUT2D eigenvalue weighted by Crippen LogP contribution is 2.25. The number of carbonyl (C=O) groups is 2. The molecular weight excluding hydrogens is 390 g/mol. The quantitative estimate of drug-likeness (QED) is 0.569. The number of para-hydroxylation sites is 1. The fourth-order valence-corrected chi connectivity index (χ4v) is 3.91. The van der Waals surface area contributed by atoms with Crippen molar-refractivity contribution in [3.63, 3.8) is 0 Å². The number of hydrogen-bond acceptors (Lipinski definition) is 5. The first-order valence-electron chi connectivity index (χ1n) is 10.5. The van der Waals surface area contributed by atoms with Gasteiger partial charge in [0.1, 0.15) is 23.0 Å². The van der Waals surface area contributed by atoms with E-state index in [1.165, 1.54) is 0 Å². The maximum atomic E-state index is 13.1. The Morgan fingerprint density at radius 3 is 2.39 bits per heavy atom. The number of ether oxygens (including phenoxy) is 1. The molecule has 0 unspecified atom stereocenters. The molecule has 4 rings (SSSR count). The van der Waals surface area contributed by atoms with Crippen LogP contribution in [0.2, 0.25) is 0 Å². The van der Waals surface area contributed by atoms with Crippen molar-refractivity contribution in [1.82, 2.24) is 14.9 Å². The summed E-state index contributed by atoms with van der Waals surface area (Å²) in [4.78, 5) is 36.3. The van der Waals surface area contributed by atoms with Crippen molar-refractivity contribution < 1.29 is 14.3 Å². The van der Waals surface area contributed by atoms with Crippen molar-refractivity contribution in [3.8, 4) is 11.5 Å². The summed E-state index contributed by atoms with van der Waals surface area (Å²) >= 11 is 0. The van der Waals surface area contributed by atoms with Crippen molar-refractivity contribution in [2.24, 2.45) is 5.92 Å². The third-order valence-corrected chi connectivity index (χ3v) is 5.38. The third-order valence-electron chi connectivity index (χ3n) is 5.38. The molecule has 1 aromatic heterocycles. The van der Waals surface area contributed by atoms with Gasteiger partial charge in [-0.1, -0.05) is 18.2 Å². The van der Waals surface area contributed by atoms with Crippen LogP contribution in [0.5, 0.6) is 11.5 Å². The molecule has 6 heteroatoms. The molecule has 0 aliphatic carbocycles. The van der Waals surface area contributed by atoms with Crippen LogP contribution >= 0.6 is 0 Å². The van der Waals surface area contributed by atoms with Crippen LogP contribution in [-0.2, 0) is 0 Å². The van der Waals surface area contributed by atoms with Gasteiger partial charge in [0.05, 0.1) is 0 Å². The second-order valence-corrected chi connectivity index (χ2v) is 7.84. The van der Waals surface area contributed by atoms with Gasteiger partial charge in [0.25, 0.3) is 5.91 Å². The number of hydrogen-bond donors (Lipinski definition) is 0. The number of ketones is 1. The Morgan fingerprint density at radius 2 is 1.68 bits per heavy atom. The SMILES string of the molecule is Cc1cc(C(=O)N2CCC[C@H](C(=O)c3ccc(Oc4ccccc4)cc3)C2)nc(C)n1. The van der Waals surface area contributed by atoms with Crippen molar-refractivity contribution in [3.05, 3.63) is 83.4 Å². The Labute approximate surface area is 181 Å². The van der Waals surface area contributed by atoms with Crippen LogP contribution in [0.15, 0.2) is 60.7 Å². The van der Waals surface area contributed by atoms with Gasteiger partial charge >= 0.3 is 0 Å². The Hall–Kier alpha value is -3.54. The van der Waals surface area contributed by atoms with Crippen LogP contribution in [0.3, 0.4) is 0 Å². The first-order chi connectivity index (χ1) is 15.0. The Kier molecular flexibility index (Phi) is 6.07.